The number of carbonyl (C=O) groups excluding carboxylic acids is 1. The van der Waals surface area contributed by atoms with Crippen LogP contribution < -0.4 is 10.9 Å². The second-order valence-electron chi connectivity index (χ2n) is 5.14. The molecule has 0 aliphatic rings. The highest BCUT2D eigenvalue weighted by molar-refractivity contribution is 9.10. The Kier molecular flexibility index (Phi) is 4.57. The summed E-state index contributed by atoms with van der Waals surface area (Å²) in [5.41, 5.74) is 1.04. The van der Waals surface area contributed by atoms with Crippen molar-refractivity contribution in [1.29, 1.82) is 0 Å². The Morgan fingerprint density at radius 3 is 2.76 bits per heavy atom. The van der Waals surface area contributed by atoms with Crippen LogP contribution in [0.15, 0.2) is 57.9 Å². The average Bonchev–Trinajstić information content (AvgIpc) is 2.59. The molecule has 1 aromatic heterocycles. The van der Waals surface area contributed by atoms with Crippen molar-refractivity contribution in [2.75, 3.05) is 5.32 Å². The van der Waals surface area contributed by atoms with Crippen LogP contribution in [0.4, 0.5) is 11.4 Å². The number of nitrogens with one attached hydrogen (secondary N) is 1. The number of para-hydroxylation sites is 2. The largest absolute Gasteiger partial charge is 0.323 e. The summed E-state index contributed by atoms with van der Waals surface area (Å²) in [4.78, 5) is 38.6. The first-order valence-corrected chi connectivity index (χ1v) is 7.93. The van der Waals surface area contributed by atoms with Gasteiger partial charge in [0, 0.05) is 16.6 Å². The number of carbonyl (C=O) groups is 1. The molecule has 3 rings (SSSR count). The molecular formula is C16H11BrN4O4. The molecule has 0 aliphatic carbocycles. The Balaban J connectivity index is 1.86. The summed E-state index contributed by atoms with van der Waals surface area (Å²) in [5.74, 6) is -0.437. The molecule has 0 saturated carbocycles. The zero-order chi connectivity index (χ0) is 18.0. The molecule has 3 aromatic rings. The standard InChI is InChI=1S/C16H11BrN4O4/c17-11-7-10(21(24)25)5-6-12(11)19-15(22)9-20-14-4-2-1-3-13(14)18-8-16(20)23/h1-8H,9H2,(H,19,22). The summed E-state index contributed by atoms with van der Waals surface area (Å²) >= 11 is 3.19. The lowest BCUT2D eigenvalue weighted by atomic mass is 10.2. The van der Waals surface area contributed by atoms with E-state index in [9.17, 15) is 19.7 Å². The van der Waals surface area contributed by atoms with E-state index in [1.807, 2.05) is 0 Å². The first-order valence-electron chi connectivity index (χ1n) is 7.14. The molecule has 0 aliphatic heterocycles. The maximum Gasteiger partial charge on any atom is 0.270 e. The molecule has 1 amide bonds. The van der Waals surface area contributed by atoms with E-state index in [0.717, 1.165) is 6.20 Å². The van der Waals surface area contributed by atoms with Gasteiger partial charge in [-0.15, -0.1) is 0 Å². The van der Waals surface area contributed by atoms with Gasteiger partial charge in [0.25, 0.3) is 11.2 Å². The van der Waals surface area contributed by atoms with Gasteiger partial charge >= 0.3 is 0 Å². The maximum absolute atomic E-state index is 12.3. The van der Waals surface area contributed by atoms with Gasteiger partial charge in [0.2, 0.25) is 5.91 Å². The van der Waals surface area contributed by atoms with Gasteiger partial charge < -0.3 is 5.32 Å². The van der Waals surface area contributed by atoms with Crippen molar-refractivity contribution in [3.05, 3.63) is 73.6 Å². The fourth-order valence-corrected chi connectivity index (χ4v) is 2.80. The number of anilines is 1. The SMILES string of the molecule is O=C(Cn1c(=O)cnc2ccccc21)Nc1ccc([N+](=O)[O-])cc1Br. The number of fused-ring (bicyclic) bond motifs is 1. The normalized spacial score (nSPS) is 10.6. The number of benzene rings is 2. The van der Waals surface area contributed by atoms with E-state index in [2.05, 4.69) is 26.2 Å². The summed E-state index contributed by atoms with van der Waals surface area (Å²) in [6.45, 7) is -0.203. The Morgan fingerprint density at radius 2 is 2.04 bits per heavy atom. The molecule has 2 aromatic carbocycles. The third-order valence-electron chi connectivity index (χ3n) is 3.49. The minimum Gasteiger partial charge on any atom is -0.323 e. The van der Waals surface area contributed by atoms with Gasteiger partial charge in [-0.25, -0.2) is 4.98 Å². The zero-order valence-electron chi connectivity index (χ0n) is 12.7. The minimum absolute atomic E-state index is 0.0961. The van der Waals surface area contributed by atoms with Crippen molar-refractivity contribution >= 4 is 44.2 Å². The number of non-ortho nitro benzene ring substituents is 1. The van der Waals surface area contributed by atoms with E-state index < -0.39 is 16.4 Å². The molecule has 0 atom stereocenters. The number of nitro benzene ring substituents is 1. The highest BCUT2D eigenvalue weighted by Crippen LogP contribution is 2.27. The number of amides is 1. The smallest absolute Gasteiger partial charge is 0.270 e. The van der Waals surface area contributed by atoms with E-state index >= 15 is 0 Å². The maximum atomic E-state index is 12.3. The molecule has 1 heterocycles. The molecule has 0 spiro atoms. The predicted octanol–water partition coefficient (Wildman–Crippen LogP) is 2.71. The Labute approximate surface area is 149 Å². The van der Waals surface area contributed by atoms with Gasteiger partial charge in [-0.1, -0.05) is 12.1 Å². The number of rotatable bonds is 4. The zero-order valence-corrected chi connectivity index (χ0v) is 14.3. The Bertz CT molecular complexity index is 1050. The van der Waals surface area contributed by atoms with E-state index in [4.69, 9.17) is 0 Å². The Morgan fingerprint density at radius 1 is 1.28 bits per heavy atom. The summed E-state index contributed by atoms with van der Waals surface area (Å²) < 4.78 is 1.69. The predicted molar refractivity (Wildman–Crippen MR) is 95.4 cm³/mol. The third kappa shape index (κ3) is 3.56. The van der Waals surface area contributed by atoms with E-state index in [-0.39, 0.29) is 12.2 Å². The molecular weight excluding hydrogens is 392 g/mol. The molecule has 0 radical (unpaired) electrons. The van der Waals surface area contributed by atoms with Gasteiger partial charge in [-0.2, -0.15) is 0 Å². The van der Waals surface area contributed by atoms with Crippen LogP contribution in [-0.4, -0.2) is 20.4 Å². The number of nitrogens with zero attached hydrogens (tertiary/aromatic N) is 3. The number of hydrogen-bond donors (Lipinski definition) is 1. The Hall–Kier alpha value is -3.07. The van der Waals surface area contributed by atoms with Crippen molar-refractivity contribution < 1.29 is 9.72 Å². The first-order chi connectivity index (χ1) is 12.0. The second-order valence-corrected chi connectivity index (χ2v) is 6.00. The molecule has 0 fully saturated rings. The molecule has 25 heavy (non-hydrogen) atoms. The van der Waals surface area contributed by atoms with Crippen molar-refractivity contribution in [1.82, 2.24) is 9.55 Å². The number of hydrogen-bond acceptors (Lipinski definition) is 5. The van der Waals surface area contributed by atoms with E-state index in [0.29, 0.717) is 21.2 Å². The van der Waals surface area contributed by atoms with Crippen LogP contribution in [0.2, 0.25) is 0 Å². The van der Waals surface area contributed by atoms with Gasteiger partial charge in [-0.05, 0) is 34.1 Å². The third-order valence-corrected chi connectivity index (χ3v) is 4.15. The molecule has 126 valence electrons. The second kappa shape index (κ2) is 6.81. The van der Waals surface area contributed by atoms with Crippen LogP contribution in [0, 0.1) is 10.1 Å². The van der Waals surface area contributed by atoms with Crippen molar-refractivity contribution in [2.45, 2.75) is 6.54 Å². The topological polar surface area (TPSA) is 107 Å². The molecule has 0 saturated heterocycles. The summed E-state index contributed by atoms with van der Waals surface area (Å²) in [6.07, 6.45) is 1.16. The number of aromatic nitrogens is 2. The fraction of sp³-hybridized carbons (Fsp3) is 0.0625. The van der Waals surface area contributed by atoms with Crippen LogP contribution in [0.3, 0.4) is 0 Å². The van der Waals surface area contributed by atoms with Gasteiger partial charge in [0.15, 0.2) is 0 Å². The van der Waals surface area contributed by atoms with E-state index in [1.54, 1.807) is 24.3 Å². The van der Waals surface area contributed by atoms with Gasteiger partial charge in [0.05, 0.1) is 27.8 Å². The van der Waals surface area contributed by atoms with Crippen molar-refractivity contribution in [3.63, 3.8) is 0 Å². The minimum atomic E-state index is -0.529. The van der Waals surface area contributed by atoms with Crippen LogP contribution in [0.1, 0.15) is 0 Å². The average molecular weight is 403 g/mol. The molecule has 0 bridgehead atoms. The van der Waals surface area contributed by atoms with Gasteiger partial charge in [0.1, 0.15) is 6.54 Å². The lowest BCUT2D eigenvalue weighted by Crippen LogP contribution is -2.28. The van der Waals surface area contributed by atoms with Crippen molar-refractivity contribution in [2.24, 2.45) is 0 Å². The number of nitro groups is 1. The molecule has 8 nitrogen and oxygen atoms in total. The summed E-state index contributed by atoms with van der Waals surface area (Å²) in [5, 5.41) is 13.4. The summed E-state index contributed by atoms with van der Waals surface area (Å²) in [6, 6.07) is 11.0. The lowest BCUT2D eigenvalue weighted by Gasteiger charge is -2.11. The van der Waals surface area contributed by atoms with Crippen LogP contribution in [-0.2, 0) is 11.3 Å². The highest BCUT2D eigenvalue weighted by atomic mass is 79.9. The van der Waals surface area contributed by atoms with Crippen LogP contribution in [0.25, 0.3) is 11.0 Å². The first kappa shape index (κ1) is 16.8. The quantitative estimate of drug-likeness (QED) is 0.533. The fourth-order valence-electron chi connectivity index (χ4n) is 2.33. The summed E-state index contributed by atoms with van der Waals surface area (Å²) in [7, 11) is 0. The van der Waals surface area contributed by atoms with Crippen molar-refractivity contribution in [3.8, 4) is 0 Å². The monoisotopic (exact) mass is 402 g/mol. The highest BCUT2D eigenvalue weighted by Gasteiger charge is 2.13. The number of halogens is 1. The molecule has 0 unspecified atom stereocenters. The van der Waals surface area contributed by atoms with Crippen LogP contribution in [0.5, 0.6) is 0 Å². The molecule has 9 heteroatoms. The molecule has 1 N–H and O–H groups in total. The van der Waals surface area contributed by atoms with Gasteiger partial charge in [-0.3, -0.25) is 24.3 Å². The lowest BCUT2D eigenvalue weighted by molar-refractivity contribution is -0.384. The van der Waals surface area contributed by atoms with E-state index in [1.165, 1.54) is 22.8 Å². The van der Waals surface area contributed by atoms with Crippen LogP contribution >= 0.6 is 15.9 Å².